The molecule has 2 nitrogen and oxygen atoms in total. The first-order valence-electron chi connectivity index (χ1n) is 7.06. The molecule has 0 bridgehead atoms. The molecular formula is C14H28N2. The molecule has 0 atom stereocenters. The topological polar surface area (TPSA) is 6.48 Å². The lowest BCUT2D eigenvalue weighted by Gasteiger charge is -2.35. The van der Waals surface area contributed by atoms with E-state index in [2.05, 4.69) is 30.6 Å². The first kappa shape index (κ1) is 12.4. The van der Waals surface area contributed by atoms with Crippen molar-refractivity contribution in [2.75, 3.05) is 26.2 Å². The molecule has 0 unspecified atom stereocenters. The molecule has 0 aromatic heterocycles. The van der Waals surface area contributed by atoms with E-state index in [0.29, 0.717) is 5.54 Å². The van der Waals surface area contributed by atoms with Crippen LogP contribution in [0.1, 0.15) is 52.9 Å². The van der Waals surface area contributed by atoms with E-state index in [4.69, 9.17) is 0 Å². The van der Waals surface area contributed by atoms with Crippen LogP contribution in [0.4, 0.5) is 0 Å². The van der Waals surface area contributed by atoms with Gasteiger partial charge in [-0.3, -0.25) is 9.80 Å². The van der Waals surface area contributed by atoms with Crippen LogP contribution in [0.3, 0.4) is 0 Å². The number of rotatable bonds is 1. The van der Waals surface area contributed by atoms with Crippen LogP contribution in [0.15, 0.2) is 0 Å². The second-order valence-electron chi connectivity index (χ2n) is 6.49. The fourth-order valence-corrected chi connectivity index (χ4v) is 3.24. The van der Waals surface area contributed by atoms with Crippen molar-refractivity contribution in [1.82, 2.24) is 9.80 Å². The molecule has 0 radical (unpaired) electrons. The number of nitrogens with zero attached hydrogens (tertiary/aromatic N) is 2. The Labute approximate surface area is 101 Å². The third-order valence-electron chi connectivity index (χ3n) is 4.32. The van der Waals surface area contributed by atoms with E-state index < -0.39 is 0 Å². The van der Waals surface area contributed by atoms with Gasteiger partial charge in [-0.2, -0.15) is 0 Å². The molecule has 2 fully saturated rings. The summed E-state index contributed by atoms with van der Waals surface area (Å²) in [5, 5.41) is 0. The van der Waals surface area contributed by atoms with Gasteiger partial charge in [-0.05, 0) is 53.1 Å². The van der Waals surface area contributed by atoms with Crippen LogP contribution in [0.5, 0.6) is 0 Å². The Morgan fingerprint density at radius 3 is 2.12 bits per heavy atom. The maximum absolute atomic E-state index is 2.76. The second-order valence-corrected chi connectivity index (χ2v) is 6.49. The molecule has 0 aromatic rings. The number of hydrogen-bond donors (Lipinski definition) is 0. The zero-order valence-corrected chi connectivity index (χ0v) is 11.3. The van der Waals surface area contributed by atoms with Gasteiger partial charge in [-0.25, -0.2) is 0 Å². The summed E-state index contributed by atoms with van der Waals surface area (Å²) >= 11 is 0. The maximum atomic E-state index is 2.76. The third kappa shape index (κ3) is 2.98. The molecule has 0 spiro atoms. The van der Waals surface area contributed by atoms with E-state index in [-0.39, 0.29) is 0 Å². The Morgan fingerprint density at radius 2 is 1.50 bits per heavy atom. The molecule has 2 heteroatoms. The standard InChI is InChI=1S/C14H28N2/c1-14(2,3)16-10-6-9-15(11-12-16)13-7-4-5-8-13/h13H,4-12H2,1-3H3. The van der Waals surface area contributed by atoms with Crippen LogP contribution in [-0.4, -0.2) is 47.6 Å². The minimum Gasteiger partial charge on any atom is -0.299 e. The van der Waals surface area contributed by atoms with Gasteiger partial charge in [0.1, 0.15) is 0 Å². The van der Waals surface area contributed by atoms with Gasteiger partial charge in [0.15, 0.2) is 0 Å². The Balaban J connectivity index is 1.87. The van der Waals surface area contributed by atoms with Crippen molar-refractivity contribution < 1.29 is 0 Å². The molecular weight excluding hydrogens is 196 g/mol. The van der Waals surface area contributed by atoms with Gasteiger partial charge in [0.25, 0.3) is 0 Å². The fourth-order valence-electron chi connectivity index (χ4n) is 3.24. The van der Waals surface area contributed by atoms with E-state index in [1.165, 1.54) is 58.3 Å². The largest absolute Gasteiger partial charge is 0.299 e. The van der Waals surface area contributed by atoms with Crippen molar-refractivity contribution >= 4 is 0 Å². The molecule has 1 aliphatic carbocycles. The Bertz CT molecular complexity index is 213. The smallest absolute Gasteiger partial charge is 0.0125 e. The highest BCUT2D eigenvalue weighted by Crippen LogP contribution is 2.25. The highest BCUT2D eigenvalue weighted by molar-refractivity contribution is 4.84. The van der Waals surface area contributed by atoms with E-state index in [9.17, 15) is 0 Å². The molecule has 2 aliphatic rings. The van der Waals surface area contributed by atoms with Gasteiger partial charge < -0.3 is 0 Å². The molecule has 0 N–H and O–H groups in total. The first-order chi connectivity index (χ1) is 7.57. The van der Waals surface area contributed by atoms with Crippen LogP contribution >= 0.6 is 0 Å². The first-order valence-corrected chi connectivity index (χ1v) is 7.06. The summed E-state index contributed by atoms with van der Waals surface area (Å²) in [6.07, 6.45) is 7.19. The van der Waals surface area contributed by atoms with Crippen LogP contribution in [0, 0.1) is 0 Å². The molecule has 94 valence electrons. The van der Waals surface area contributed by atoms with E-state index in [0.717, 1.165) is 6.04 Å². The molecule has 16 heavy (non-hydrogen) atoms. The van der Waals surface area contributed by atoms with Crippen LogP contribution in [0.25, 0.3) is 0 Å². The molecule has 2 rings (SSSR count). The SMILES string of the molecule is CC(C)(C)N1CCCN(C2CCCC2)CC1. The summed E-state index contributed by atoms with van der Waals surface area (Å²) in [6, 6.07) is 0.917. The normalized spacial score (nSPS) is 27.2. The Kier molecular flexibility index (Phi) is 3.91. The maximum Gasteiger partial charge on any atom is 0.0125 e. The van der Waals surface area contributed by atoms with Crippen molar-refractivity contribution in [2.24, 2.45) is 0 Å². The monoisotopic (exact) mass is 224 g/mol. The van der Waals surface area contributed by atoms with Gasteiger partial charge in [-0.1, -0.05) is 12.8 Å². The second kappa shape index (κ2) is 5.05. The van der Waals surface area contributed by atoms with Crippen LogP contribution in [-0.2, 0) is 0 Å². The molecule has 1 saturated heterocycles. The molecule has 0 aromatic carbocycles. The highest BCUT2D eigenvalue weighted by Gasteiger charge is 2.28. The average Bonchev–Trinajstić information content (AvgIpc) is 2.60. The highest BCUT2D eigenvalue weighted by atomic mass is 15.3. The summed E-state index contributed by atoms with van der Waals surface area (Å²) in [7, 11) is 0. The average molecular weight is 224 g/mol. The quantitative estimate of drug-likeness (QED) is 0.676. The lowest BCUT2D eigenvalue weighted by atomic mass is 10.1. The molecule has 1 saturated carbocycles. The van der Waals surface area contributed by atoms with E-state index in [1.807, 2.05) is 0 Å². The van der Waals surface area contributed by atoms with Gasteiger partial charge in [0.05, 0.1) is 0 Å². The minimum absolute atomic E-state index is 0.353. The lowest BCUT2D eigenvalue weighted by Crippen LogP contribution is -2.44. The molecule has 1 aliphatic heterocycles. The molecule has 0 amide bonds. The number of hydrogen-bond acceptors (Lipinski definition) is 2. The summed E-state index contributed by atoms with van der Waals surface area (Å²) in [5.74, 6) is 0. The van der Waals surface area contributed by atoms with Gasteiger partial charge >= 0.3 is 0 Å². The van der Waals surface area contributed by atoms with Gasteiger partial charge in [-0.15, -0.1) is 0 Å². The molecule has 1 heterocycles. The lowest BCUT2D eigenvalue weighted by molar-refractivity contribution is 0.134. The predicted octanol–water partition coefficient (Wildman–Crippen LogP) is 2.74. The summed E-state index contributed by atoms with van der Waals surface area (Å²) in [5.41, 5.74) is 0.353. The van der Waals surface area contributed by atoms with Crippen LogP contribution < -0.4 is 0 Å². The Morgan fingerprint density at radius 1 is 0.812 bits per heavy atom. The van der Waals surface area contributed by atoms with E-state index in [1.54, 1.807) is 0 Å². The summed E-state index contributed by atoms with van der Waals surface area (Å²) < 4.78 is 0. The zero-order valence-electron chi connectivity index (χ0n) is 11.3. The van der Waals surface area contributed by atoms with Crippen molar-refractivity contribution in [2.45, 2.75) is 64.5 Å². The third-order valence-corrected chi connectivity index (χ3v) is 4.32. The zero-order chi connectivity index (χ0) is 11.6. The van der Waals surface area contributed by atoms with Crippen LogP contribution in [0.2, 0.25) is 0 Å². The summed E-state index contributed by atoms with van der Waals surface area (Å²) in [4.78, 5) is 5.42. The van der Waals surface area contributed by atoms with Crippen molar-refractivity contribution in [3.05, 3.63) is 0 Å². The van der Waals surface area contributed by atoms with Gasteiger partial charge in [0.2, 0.25) is 0 Å². The summed E-state index contributed by atoms with van der Waals surface area (Å²) in [6.45, 7) is 12.2. The van der Waals surface area contributed by atoms with E-state index >= 15 is 0 Å². The minimum atomic E-state index is 0.353. The fraction of sp³-hybridized carbons (Fsp3) is 1.00. The van der Waals surface area contributed by atoms with Crippen molar-refractivity contribution in [1.29, 1.82) is 0 Å². The van der Waals surface area contributed by atoms with Crippen molar-refractivity contribution in [3.63, 3.8) is 0 Å². The van der Waals surface area contributed by atoms with Crippen molar-refractivity contribution in [3.8, 4) is 0 Å². The van der Waals surface area contributed by atoms with Gasteiger partial charge in [0, 0.05) is 24.7 Å². The Hall–Kier alpha value is -0.0800. The predicted molar refractivity (Wildman–Crippen MR) is 69.8 cm³/mol.